The molecule has 0 bridgehead atoms. The maximum absolute atomic E-state index is 11.5. The molecule has 0 aromatic carbocycles. The molecule has 1 aliphatic heterocycles. The van der Waals surface area contributed by atoms with Crippen molar-refractivity contribution in [1.82, 2.24) is 10.2 Å². The summed E-state index contributed by atoms with van der Waals surface area (Å²) in [4.78, 5) is 0. The number of hydrogen-bond acceptors (Lipinski definition) is 4. The van der Waals surface area contributed by atoms with Gasteiger partial charge in [0.2, 0.25) is 0 Å². The summed E-state index contributed by atoms with van der Waals surface area (Å²) in [6.07, 6.45) is 1.17. The maximum Gasteiger partial charge on any atom is 0.154 e. The molecule has 1 atom stereocenters. The smallest absolute Gasteiger partial charge is 0.154 e. The second kappa shape index (κ2) is 3.61. The fourth-order valence-electron chi connectivity index (χ4n) is 1.84. The Bertz CT molecular complexity index is 462. The molecule has 2 rings (SSSR count). The average Bonchev–Trinajstić information content (AvgIpc) is 2.46. The normalized spacial score (nSPS) is 20.9. The first-order valence-corrected chi connectivity index (χ1v) is 6.81. The monoisotopic (exact) mass is 229 g/mol. The predicted octanol–water partition coefficient (Wildman–Crippen LogP) is -0.230. The minimum Gasteiger partial charge on any atom is -0.328 e. The van der Waals surface area contributed by atoms with Crippen molar-refractivity contribution in [2.75, 3.05) is 5.75 Å². The van der Waals surface area contributed by atoms with Crippen LogP contribution < -0.4 is 5.73 Å². The van der Waals surface area contributed by atoms with E-state index in [1.54, 1.807) is 0 Å². The summed E-state index contributed by atoms with van der Waals surface area (Å²) in [6, 6.07) is 0.00188. The molecular weight excluding hydrogens is 214 g/mol. The molecule has 0 saturated carbocycles. The van der Waals surface area contributed by atoms with Crippen LogP contribution in [0.15, 0.2) is 0 Å². The van der Waals surface area contributed by atoms with Crippen LogP contribution in [0.1, 0.15) is 23.9 Å². The SMILES string of the molecule is CC(N)Cc1n[nH]c2c1CS(=O)(=O)CC2. The van der Waals surface area contributed by atoms with Gasteiger partial charge >= 0.3 is 0 Å². The molecule has 6 heteroatoms. The van der Waals surface area contributed by atoms with Crippen LogP contribution in [0, 0.1) is 0 Å². The van der Waals surface area contributed by atoms with Crippen LogP contribution in [-0.4, -0.2) is 30.4 Å². The highest BCUT2D eigenvalue weighted by Crippen LogP contribution is 2.22. The lowest BCUT2D eigenvalue weighted by molar-refractivity contribution is 0.590. The first kappa shape index (κ1) is 10.6. The molecule has 1 aromatic rings. The van der Waals surface area contributed by atoms with Gasteiger partial charge in [0.25, 0.3) is 0 Å². The Morgan fingerprint density at radius 3 is 3.00 bits per heavy atom. The van der Waals surface area contributed by atoms with Gasteiger partial charge < -0.3 is 5.73 Å². The number of nitrogens with zero attached hydrogens (tertiary/aromatic N) is 1. The molecular formula is C9H15N3O2S. The van der Waals surface area contributed by atoms with Crippen molar-refractivity contribution >= 4 is 9.84 Å². The van der Waals surface area contributed by atoms with Gasteiger partial charge in [0.15, 0.2) is 9.84 Å². The zero-order chi connectivity index (χ0) is 11.1. The van der Waals surface area contributed by atoms with E-state index in [0.29, 0.717) is 12.8 Å². The van der Waals surface area contributed by atoms with Gasteiger partial charge in [0.05, 0.1) is 17.2 Å². The molecule has 0 fully saturated rings. The van der Waals surface area contributed by atoms with Crippen LogP contribution in [0.4, 0.5) is 0 Å². The lowest BCUT2D eigenvalue weighted by Crippen LogP contribution is -2.22. The van der Waals surface area contributed by atoms with Crippen molar-refractivity contribution in [2.45, 2.75) is 31.6 Å². The molecule has 5 nitrogen and oxygen atoms in total. The molecule has 2 heterocycles. The number of H-pyrrole nitrogens is 1. The average molecular weight is 229 g/mol. The summed E-state index contributed by atoms with van der Waals surface area (Å²) in [7, 11) is -2.93. The highest BCUT2D eigenvalue weighted by molar-refractivity contribution is 7.90. The van der Waals surface area contributed by atoms with Crippen LogP contribution >= 0.6 is 0 Å². The zero-order valence-electron chi connectivity index (χ0n) is 8.66. The van der Waals surface area contributed by atoms with Crippen molar-refractivity contribution in [1.29, 1.82) is 0 Å². The number of aryl methyl sites for hydroxylation is 1. The fourth-order valence-corrected chi connectivity index (χ4v) is 3.28. The van der Waals surface area contributed by atoms with E-state index in [1.165, 1.54) is 0 Å². The van der Waals surface area contributed by atoms with Gasteiger partial charge in [0, 0.05) is 30.1 Å². The van der Waals surface area contributed by atoms with E-state index in [1.807, 2.05) is 6.92 Å². The fraction of sp³-hybridized carbons (Fsp3) is 0.667. The van der Waals surface area contributed by atoms with Crippen molar-refractivity contribution in [3.63, 3.8) is 0 Å². The molecule has 15 heavy (non-hydrogen) atoms. The first-order chi connectivity index (χ1) is 6.98. The molecule has 0 saturated heterocycles. The van der Waals surface area contributed by atoms with Gasteiger partial charge in [-0.2, -0.15) is 5.10 Å². The van der Waals surface area contributed by atoms with E-state index in [9.17, 15) is 8.42 Å². The van der Waals surface area contributed by atoms with Crippen molar-refractivity contribution in [3.8, 4) is 0 Å². The highest BCUT2D eigenvalue weighted by atomic mass is 32.2. The van der Waals surface area contributed by atoms with Gasteiger partial charge in [0.1, 0.15) is 0 Å². The van der Waals surface area contributed by atoms with E-state index in [4.69, 9.17) is 5.73 Å². The van der Waals surface area contributed by atoms with Crippen molar-refractivity contribution in [3.05, 3.63) is 17.0 Å². The molecule has 0 amide bonds. The molecule has 3 N–H and O–H groups in total. The number of fused-ring (bicyclic) bond motifs is 1. The summed E-state index contributed by atoms with van der Waals surface area (Å²) in [5, 5.41) is 7.03. The van der Waals surface area contributed by atoms with E-state index in [0.717, 1.165) is 17.0 Å². The lowest BCUT2D eigenvalue weighted by atomic mass is 10.1. The lowest BCUT2D eigenvalue weighted by Gasteiger charge is -2.13. The van der Waals surface area contributed by atoms with Crippen LogP contribution in [0.3, 0.4) is 0 Å². The Hall–Kier alpha value is -0.880. The first-order valence-electron chi connectivity index (χ1n) is 4.99. The molecule has 84 valence electrons. The Labute approximate surface area is 89.0 Å². The Morgan fingerprint density at radius 1 is 1.60 bits per heavy atom. The third-order valence-corrected chi connectivity index (χ3v) is 4.14. The molecule has 1 aromatic heterocycles. The van der Waals surface area contributed by atoms with Gasteiger partial charge in [-0.05, 0) is 6.92 Å². The van der Waals surface area contributed by atoms with E-state index in [-0.39, 0.29) is 17.5 Å². The summed E-state index contributed by atoms with van der Waals surface area (Å²) in [5.41, 5.74) is 8.29. The third kappa shape index (κ3) is 2.21. The van der Waals surface area contributed by atoms with E-state index in [2.05, 4.69) is 10.2 Å². The van der Waals surface area contributed by atoms with Crippen LogP contribution in [0.5, 0.6) is 0 Å². The Kier molecular flexibility index (Phi) is 2.56. The third-order valence-electron chi connectivity index (χ3n) is 2.58. The molecule has 0 spiro atoms. The van der Waals surface area contributed by atoms with Crippen molar-refractivity contribution in [2.24, 2.45) is 5.73 Å². The number of hydrogen-bond donors (Lipinski definition) is 2. The van der Waals surface area contributed by atoms with Crippen LogP contribution in [-0.2, 0) is 28.4 Å². The Balaban J connectivity index is 2.33. The zero-order valence-corrected chi connectivity index (χ0v) is 9.47. The minimum atomic E-state index is -2.93. The number of nitrogens with two attached hydrogens (primary N) is 1. The van der Waals surface area contributed by atoms with Gasteiger partial charge in [-0.3, -0.25) is 5.10 Å². The van der Waals surface area contributed by atoms with Crippen molar-refractivity contribution < 1.29 is 8.42 Å². The van der Waals surface area contributed by atoms with E-state index >= 15 is 0 Å². The van der Waals surface area contributed by atoms with Gasteiger partial charge in [-0.25, -0.2) is 8.42 Å². The molecule has 0 aliphatic carbocycles. The second-order valence-corrected chi connectivity index (χ2v) is 6.33. The Morgan fingerprint density at radius 2 is 2.33 bits per heavy atom. The van der Waals surface area contributed by atoms with Crippen LogP contribution in [0.2, 0.25) is 0 Å². The number of sulfone groups is 1. The second-order valence-electron chi connectivity index (χ2n) is 4.15. The molecule has 1 unspecified atom stereocenters. The summed E-state index contributed by atoms with van der Waals surface area (Å²) in [5.74, 6) is 0.334. The highest BCUT2D eigenvalue weighted by Gasteiger charge is 2.26. The summed E-state index contributed by atoms with van der Waals surface area (Å²) in [6.45, 7) is 1.89. The maximum atomic E-state index is 11.5. The summed E-state index contributed by atoms with van der Waals surface area (Å²) >= 11 is 0. The van der Waals surface area contributed by atoms with Gasteiger partial charge in [-0.1, -0.05) is 0 Å². The standard InChI is InChI=1S/C9H15N3O2S/c1-6(10)4-9-7-5-15(13,14)3-2-8(7)11-12-9/h6H,2-5,10H2,1H3,(H,11,12). The molecule has 0 radical (unpaired) electrons. The number of aromatic nitrogens is 2. The minimum absolute atomic E-state index is 0.00188. The van der Waals surface area contributed by atoms with E-state index < -0.39 is 9.84 Å². The quantitative estimate of drug-likeness (QED) is 0.733. The molecule has 1 aliphatic rings. The number of aromatic amines is 1. The van der Waals surface area contributed by atoms with Crippen LogP contribution in [0.25, 0.3) is 0 Å². The number of rotatable bonds is 2. The predicted molar refractivity (Wildman–Crippen MR) is 57.1 cm³/mol. The van der Waals surface area contributed by atoms with Gasteiger partial charge in [-0.15, -0.1) is 0 Å². The number of nitrogens with one attached hydrogen (secondary N) is 1. The topological polar surface area (TPSA) is 88.8 Å². The summed E-state index contributed by atoms with van der Waals surface area (Å²) < 4.78 is 23.0. The largest absolute Gasteiger partial charge is 0.328 e.